The molecule has 0 aliphatic heterocycles. The quantitative estimate of drug-likeness (QED) is 0.515. The van der Waals surface area contributed by atoms with Crippen molar-refractivity contribution in [3.05, 3.63) is 64.7 Å². The number of halogens is 1. The number of rotatable bonds is 4. The zero-order valence-electron chi connectivity index (χ0n) is 10.6. The molecule has 3 nitrogen and oxygen atoms in total. The third-order valence-corrected chi connectivity index (χ3v) is 3.50. The van der Waals surface area contributed by atoms with E-state index in [0.717, 1.165) is 11.1 Å². The highest BCUT2D eigenvalue weighted by Crippen LogP contribution is 2.23. The van der Waals surface area contributed by atoms with Crippen molar-refractivity contribution in [2.24, 2.45) is 0 Å². The van der Waals surface area contributed by atoms with Crippen molar-refractivity contribution < 1.29 is 9.53 Å². The number of esters is 1. The lowest BCUT2D eigenvalue weighted by Crippen LogP contribution is -2.11. The van der Waals surface area contributed by atoms with Gasteiger partial charge in [-0.2, -0.15) is 12.6 Å². The molecule has 0 aromatic heterocycles. The number of carbonyl (C=O) groups is 1. The van der Waals surface area contributed by atoms with E-state index >= 15 is 0 Å². The van der Waals surface area contributed by atoms with Crippen molar-refractivity contribution >= 4 is 35.9 Å². The molecular formula is C15H14ClNO2S. The Morgan fingerprint density at radius 3 is 2.60 bits per heavy atom. The summed E-state index contributed by atoms with van der Waals surface area (Å²) in [5.41, 5.74) is 7.86. The number of thiol groups is 1. The first kappa shape index (κ1) is 14.8. The summed E-state index contributed by atoms with van der Waals surface area (Å²) in [4.78, 5) is 11.9. The number of ether oxygens (including phenoxy) is 1. The smallest absolute Gasteiger partial charge is 0.323 e. The molecule has 104 valence electrons. The van der Waals surface area contributed by atoms with Crippen LogP contribution < -0.4 is 5.73 Å². The van der Waals surface area contributed by atoms with E-state index in [2.05, 4.69) is 12.6 Å². The average molecular weight is 308 g/mol. The van der Waals surface area contributed by atoms with Crippen molar-refractivity contribution in [2.75, 3.05) is 5.73 Å². The van der Waals surface area contributed by atoms with Crippen LogP contribution in [0.2, 0.25) is 5.02 Å². The van der Waals surface area contributed by atoms with Gasteiger partial charge in [-0.15, -0.1) is 0 Å². The molecule has 0 saturated heterocycles. The van der Waals surface area contributed by atoms with Crippen LogP contribution in [-0.4, -0.2) is 5.97 Å². The molecule has 1 atom stereocenters. The van der Waals surface area contributed by atoms with Gasteiger partial charge in [-0.25, -0.2) is 0 Å². The zero-order valence-corrected chi connectivity index (χ0v) is 12.3. The van der Waals surface area contributed by atoms with Crippen LogP contribution in [0.4, 0.5) is 5.69 Å². The molecule has 2 aromatic rings. The predicted octanol–water partition coefficient (Wildman–Crippen LogP) is 3.64. The summed E-state index contributed by atoms with van der Waals surface area (Å²) in [6.45, 7) is 0.190. The van der Waals surface area contributed by atoms with Gasteiger partial charge in [-0.05, 0) is 35.4 Å². The van der Waals surface area contributed by atoms with Gasteiger partial charge in [0.2, 0.25) is 0 Å². The van der Waals surface area contributed by atoms with Gasteiger partial charge in [-0.1, -0.05) is 35.9 Å². The second-order valence-corrected chi connectivity index (χ2v) is 5.26. The van der Waals surface area contributed by atoms with Crippen LogP contribution in [0, 0.1) is 0 Å². The van der Waals surface area contributed by atoms with Crippen LogP contribution in [0.15, 0.2) is 48.5 Å². The van der Waals surface area contributed by atoms with Crippen LogP contribution in [0.1, 0.15) is 16.4 Å². The number of carbonyl (C=O) groups excluding carboxylic acids is 1. The second-order valence-electron chi connectivity index (χ2n) is 4.31. The lowest BCUT2D eigenvalue weighted by Gasteiger charge is -2.11. The van der Waals surface area contributed by atoms with E-state index in [-0.39, 0.29) is 6.61 Å². The molecule has 0 saturated carbocycles. The number of hydrogen-bond acceptors (Lipinski definition) is 4. The maximum absolute atomic E-state index is 11.9. The van der Waals surface area contributed by atoms with E-state index in [4.69, 9.17) is 22.1 Å². The first-order valence-electron chi connectivity index (χ1n) is 6.01. The maximum atomic E-state index is 11.9. The van der Waals surface area contributed by atoms with Gasteiger partial charge in [-0.3, -0.25) is 4.79 Å². The lowest BCUT2D eigenvalue weighted by molar-refractivity contribution is -0.144. The SMILES string of the molecule is Nc1cccc(C(S)C(=O)OCc2ccc(Cl)cc2)c1. The molecule has 1 unspecified atom stereocenters. The summed E-state index contributed by atoms with van der Waals surface area (Å²) in [5, 5.41) is -0.00212. The topological polar surface area (TPSA) is 52.3 Å². The van der Waals surface area contributed by atoms with E-state index in [0.29, 0.717) is 10.7 Å². The minimum atomic E-state index is -0.647. The third-order valence-electron chi connectivity index (χ3n) is 2.74. The van der Waals surface area contributed by atoms with E-state index in [1.165, 1.54) is 0 Å². The van der Waals surface area contributed by atoms with Crippen LogP contribution in [0.3, 0.4) is 0 Å². The molecule has 0 bridgehead atoms. The molecule has 5 heteroatoms. The third kappa shape index (κ3) is 3.92. The Hall–Kier alpha value is -1.65. The van der Waals surface area contributed by atoms with Crippen LogP contribution in [0.5, 0.6) is 0 Å². The van der Waals surface area contributed by atoms with Crippen molar-refractivity contribution in [1.29, 1.82) is 0 Å². The molecule has 2 rings (SSSR count). The normalized spacial score (nSPS) is 11.9. The Bertz CT molecular complexity index is 601. The van der Waals surface area contributed by atoms with E-state index in [1.807, 2.05) is 12.1 Å². The van der Waals surface area contributed by atoms with Crippen molar-refractivity contribution in [3.63, 3.8) is 0 Å². The Morgan fingerprint density at radius 2 is 1.95 bits per heavy atom. The molecule has 0 heterocycles. The molecule has 0 amide bonds. The minimum Gasteiger partial charge on any atom is -0.460 e. The maximum Gasteiger partial charge on any atom is 0.323 e. The molecule has 2 N–H and O–H groups in total. The summed E-state index contributed by atoms with van der Waals surface area (Å²) in [6.07, 6.45) is 0. The molecule has 0 radical (unpaired) electrons. The molecule has 0 fully saturated rings. The number of benzene rings is 2. The highest BCUT2D eigenvalue weighted by atomic mass is 35.5. The van der Waals surface area contributed by atoms with Gasteiger partial charge in [0.05, 0.1) is 0 Å². The van der Waals surface area contributed by atoms with Crippen LogP contribution in [0.25, 0.3) is 0 Å². The van der Waals surface area contributed by atoms with Gasteiger partial charge in [0.1, 0.15) is 11.9 Å². The lowest BCUT2D eigenvalue weighted by atomic mass is 10.1. The van der Waals surface area contributed by atoms with Crippen molar-refractivity contribution in [2.45, 2.75) is 11.9 Å². The molecule has 0 aliphatic rings. The molecule has 0 spiro atoms. The van der Waals surface area contributed by atoms with Gasteiger partial charge in [0.25, 0.3) is 0 Å². The Labute approximate surface area is 128 Å². The number of anilines is 1. The number of nitrogen functional groups attached to an aromatic ring is 1. The van der Waals surface area contributed by atoms with E-state index in [1.54, 1.807) is 36.4 Å². The summed E-state index contributed by atoms with van der Waals surface area (Å²) in [7, 11) is 0. The summed E-state index contributed by atoms with van der Waals surface area (Å²) < 4.78 is 5.22. The Kier molecular flexibility index (Phi) is 4.93. The van der Waals surface area contributed by atoms with Crippen LogP contribution >= 0.6 is 24.2 Å². The van der Waals surface area contributed by atoms with E-state index in [9.17, 15) is 4.79 Å². The fraction of sp³-hybridized carbons (Fsp3) is 0.133. The number of nitrogens with two attached hydrogens (primary N) is 1. The van der Waals surface area contributed by atoms with Crippen LogP contribution in [-0.2, 0) is 16.1 Å². The zero-order chi connectivity index (χ0) is 14.5. The Morgan fingerprint density at radius 1 is 1.25 bits per heavy atom. The molecule has 20 heavy (non-hydrogen) atoms. The van der Waals surface area contributed by atoms with Crippen molar-refractivity contribution in [3.8, 4) is 0 Å². The van der Waals surface area contributed by atoms with Gasteiger partial charge in [0, 0.05) is 10.7 Å². The number of hydrogen-bond donors (Lipinski definition) is 2. The predicted molar refractivity (Wildman–Crippen MR) is 83.8 cm³/mol. The minimum absolute atomic E-state index is 0.190. The molecule has 2 aromatic carbocycles. The van der Waals surface area contributed by atoms with E-state index < -0.39 is 11.2 Å². The van der Waals surface area contributed by atoms with Gasteiger partial charge >= 0.3 is 5.97 Å². The summed E-state index contributed by atoms with van der Waals surface area (Å²) >= 11 is 10.1. The fourth-order valence-corrected chi connectivity index (χ4v) is 2.04. The fourth-order valence-electron chi connectivity index (χ4n) is 1.68. The summed E-state index contributed by atoms with van der Waals surface area (Å²) in [5.74, 6) is -0.408. The molecule has 0 aliphatic carbocycles. The average Bonchev–Trinajstić information content (AvgIpc) is 2.45. The first-order valence-corrected chi connectivity index (χ1v) is 6.90. The largest absolute Gasteiger partial charge is 0.460 e. The molecular weight excluding hydrogens is 294 g/mol. The Balaban J connectivity index is 1.96. The highest BCUT2D eigenvalue weighted by molar-refractivity contribution is 7.81. The van der Waals surface area contributed by atoms with Crippen molar-refractivity contribution in [1.82, 2.24) is 0 Å². The first-order chi connectivity index (χ1) is 9.56. The monoisotopic (exact) mass is 307 g/mol. The summed E-state index contributed by atoms with van der Waals surface area (Å²) in [6, 6.07) is 14.1. The van der Waals surface area contributed by atoms with Gasteiger partial charge in [0.15, 0.2) is 0 Å². The highest BCUT2D eigenvalue weighted by Gasteiger charge is 2.18. The second kappa shape index (κ2) is 6.68. The van der Waals surface area contributed by atoms with Gasteiger partial charge < -0.3 is 10.5 Å². The standard InChI is InChI=1S/C15H14ClNO2S/c16-12-6-4-10(5-7-12)9-19-15(18)14(20)11-2-1-3-13(17)8-11/h1-8,14,20H,9,17H2.